The lowest BCUT2D eigenvalue weighted by Crippen LogP contribution is -2.18. The molecule has 2 aromatic rings. The zero-order valence-corrected chi connectivity index (χ0v) is 18.6. The van der Waals surface area contributed by atoms with Gasteiger partial charge in [0.2, 0.25) is 0 Å². The predicted octanol–water partition coefficient (Wildman–Crippen LogP) is 5.40. The van der Waals surface area contributed by atoms with Crippen LogP contribution in [0, 0.1) is 13.8 Å². The summed E-state index contributed by atoms with van der Waals surface area (Å²) in [4.78, 5) is 11.9. The Morgan fingerprint density at radius 3 is 2.55 bits per heavy atom. The van der Waals surface area contributed by atoms with E-state index in [1.54, 1.807) is 0 Å². The first-order valence-corrected chi connectivity index (χ1v) is 11.9. The smallest absolute Gasteiger partial charge is 0.337 e. The molecule has 1 aromatic heterocycles. The van der Waals surface area contributed by atoms with Gasteiger partial charge < -0.3 is 15.0 Å². The van der Waals surface area contributed by atoms with Crippen molar-refractivity contribution in [1.82, 2.24) is 9.88 Å². The van der Waals surface area contributed by atoms with Crippen molar-refractivity contribution in [2.75, 3.05) is 12.3 Å². The van der Waals surface area contributed by atoms with Crippen molar-refractivity contribution in [2.24, 2.45) is 0 Å². The van der Waals surface area contributed by atoms with Crippen LogP contribution in [0.15, 0.2) is 30.3 Å². The van der Waals surface area contributed by atoms with E-state index in [0.29, 0.717) is 18.7 Å². The Bertz CT molecular complexity index is 795. The number of hydrogen-bond acceptors (Lipinski definition) is 3. The number of aromatic carboxylic acids is 1. The molecule has 1 aliphatic carbocycles. The third-order valence-electron chi connectivity index (χ3n) is 6.01. The molecule has 0 atom stereocenters. The van der Waals surface area contributed by atoms with Crippen LogP contribution in [-0.4, -0.2) is 33.2 Å². The molecule has 0 unspecified atom stereocenters. The summed E-state index contributed by atoms with van der Waals surface area (Å²) in [6.45, 7) is 6.21. The molecule has 0 aliphatic heterocycles. The van der Waals surface area contributed by atoms with Gasteiger partial charge >= 0.3 is 5.97 Å². The standard InChI is InChI=1S/C24H34N2O2S/c1-18-22(16-25-14-9-15-29-21-12-7-4-8-13-21)23(24(27)28)19(2)26(18)17-20-10-5-3-6-11-20/h3,5-6,10-11,21,25H,4,7-9,12-17H2,1-2H3,(H,27,28). The summed E-state index contributed by atoms with van der Waals surface area (Å²) < 4.78 is 2.13. The maximum absolute atomic E-state index is 11.9. The van der Waals surface area contributed by atoms with E-state index in [2.05, 4.69) is 33.8 Å². The third kappa shape index (κ3) is 5.89. The molecule has 0 amide bonds. The third-order valence-corrected chi connectivity index (χ3v) is 7.48. The molecular weight excluding hydrogens is 380 g/mol. The maximum Gasteiger partial charge on any atom is 0.337 e. The number of carboxylic acids is 1. The average molecular weight is 415 g/mol. The van der Waals surface area contributed by atoms with Gasteiger partial charge in [-0.15, -0.1) is 0 Å². The van der Waals surface area contributed by atoms with Gasteiger partial charge in [0.05, 0.1) is 5.56 Å². The number of carbonyl (C=O) groups is 1. The molecule has 3 rings (SSSR count). The summed E-state index contributed by atoms with van der Waals surface area (Å²) in [7, 11) is 0. The van der Waals surface area contributed by atoms with Crippen molar-refractivity contribution in [3.8, 4) is 0 Å². The molecule has 1 heterocycles. The highest BCUT2D eigenvalue weighted by molar-refractivity contribution is 7.99. The molecule has 1 fully saturated rings. The van der Waals surface area contributed by atoms with Crippen LogP contribution in [-0.2, 0) is 13.1 Å². The number of aromatic nitrogens is 1. The number of benzene rings is 1. The monoisotopic (exact) mass is 414 g/mol. The highest BCUT2D eigenvalue weighted by Crippen LogP contribution is 2.28. The molecule has 1 saturated carbocycles. The van der Waals surface area contributed by atoms with E-state index in [-0.39, 0.29) is 0 Å². The van der Waals surface area contributed by atoms with E-state index in [0.717, 1.165) is 35.2 Å². The summed E-state index contributed by atoms with van der Waals surface area (Å²) in [5.74, 6) is 0.360. The second-order valence-electron chi connectivity index (χ2n) is 8.06. The quantitative estimate of drug-likeness (QED) is 0.511. The van der Waals surface area contributed by atoms with Crippen LogP contribution in [0.5, 0.6) is 0 Å². The molecule has 0 spiro atoms. The zero-order valence-electron chi connectivity index (χ0n) is 17.7. The molecule has 0 bridgehead atoms. The van der Waals surface area contributed by atoms with Gasteiger partial charge in [-0.2, -0.15) is 11.8 Å². The van der Waals surface area contributed by atoms with Crippen molar-refractivity contribution in [1.29, 1.82) is 0 Å². The van der Waals surface area contributed by atoms with Crippen molar-refractivity contribution in [2.45, 2.75) is 70.7 Å². The van der Waals surface area contributed by atoms with E-state index < -0.39 is 5.97 Å². The van der Waals surface area contributed by atoms with Crippen LogP contribution in [0.1, 0.15) is 71.4 Å². The van der Waals surface area contributed by atoms with Crippen LogP contribution in [0.4, 0.5) is 0 Å². The molecule has 1 aromatic carbocycles. The number of carboxylic acid groups (broad SMARTS) is 1. The Morgan fingerprint density at radius 2 is 1.86 bits per heavy atom. The first kappa shape index (κ1) is 22.0. The second kappa shape index (κ2) is 10.9. The van der Waals surface area contributed by atoms with Gasteiger partial charge in [0.25, 0.3) is 0 Å². The van der Waals surface area contributed by atoms with E-state index in [1.807, 2.05) is 32.0 Å². The largest absolute Gasteiger partial charge is 0.478 e. The van der Waals surface area contributed by atoms with E-state index in [1.165, 1.54) is 43.4 Å². The highest BCUT2D eigenvalue weighted by Gasteiger charge is 2.22. The topological polar surface area (TPSA) is 54.3 Å². The SMILES string of the molecule is Cc1c(CNCCCSC2CCCCC2)c(C(=O)O)c(C)n1Cc1ccccc1. The Labute approximate surface area is 179 Å². The van der Waals surface area contributed by atoms with Crippen LogP contribution < -0.4 is 5.32 Å². The van der Waals surface area contributed by atoms with Gasteiger partial charge in [0.1, 0.15) is 0 Å². The van der Waals surface area contributed by atoms with Crippen molar-refractivity contribution in [3.63, 3.8) is 0 Å². The summed E-state index contributed by atoms with van der Waals surface area (Å²) in [5.41, 5.74) is 4.45. The second-order valence-corrected chi connectivity index (χ2v) is 9.47. The molecule has 5 heteroatoms. The Hall–Kier alpha value is -1.72. The van der Waals surface area contributed by atoms with Crippen LogP contribution >= 0.6 is 11.8 Å². The van der Waals surface area contributed by atoms with Gasteiger partial charge in [0, 0.05) is 35.3 Å². The number of nitrogens with zero attached hydrogens (tertiary/aromatic N) is 1. The number of thioether (sulfide) groups is 1. The lowest BCUT2D eigenvalue weighted by molar-refractivity contribution is 0.0694. The summed E-state index contributed by atoms with van der Waals surface area (Å²) in [6, 6.07) is 10.2. The molecule has 1 aliphatic rings. The molecule has 158 valence electrons. The lowest BCUT2D eigenvalue weighted by atomic mass is 10.0. The molecule has 29 heavy (non-hydrogen) atoms. The number of hydrogen-bond donors (Lipinski definition) is 2. The fourth-order valence-electron chi connectivity index (χ4n) is 4.34. The average Bonchev–Trinajstić information content (AvgIpc) is 2.96. The van der Waals surface area contributed by atoms with Crippen molar-refractivity contribution >= 4 is 17.7 Å². The van der Waals surface area contributed by atoms with Crippen LogP contribution in [0.3, 0.4) is 0 Å². The van der Waals surface area contributed by atoms with E-state index in [9.17, 15) is 9.90 Å². The first-order chi connectivity index (χ1) is 14.1. The number of rotatable bonds is 10. The lowest BCUT2D eigenvalue weighted by Gasteiger charge is -2.20. The van der Waals surface area contributed by atoms with E-state index >= 15 is 0 Å². The molecule has 0 radical (unpaired) electrons. The summed E-state index contributed by atoms with van der Waals surface area (Å²) in [6.07, 6.45) is 8.10. The Kier molecular flexibility index (Phi) is 8.25. The van der Waals surface area contributed by atoms with Gasteiger partial charge in [-0.1, -0.05) is 49.6 Å². The highest BCUT2D eigenvalue weighted by atomic mass is 32.2. The minimum atomic E-state index is -0.831. The summed E-state index contributed by atoms with van der Waals surface area (Å²) >= 11 is 2.12. The van der Waals surface area contributed by atoms with Crippen molar-refractivity contribution < 1.29 is 9.90 Å². The maximum atomic E-state index is 11.9. The molecule has 0 saturated heterocycles. The van der Waals surface area contributed by atoms with E-state index in [4.69, 9.17) is 0 Å². The van der Waals surface area contributed by atoms with Gasteiger partial charge in [0.15, 0.2) is 0 Å². The van der Waals surface area contributed by atoms with Crippen LogP contribution in [0.25, 0.3) is 0 Å². The Balaban J connectivity index is 1.56. The molecular formula is C24H34N2O2S. The zero-order chi connectivity index (χ0) is 20.6. The Morgan fingerprint density at radius 1 is 1.14 bits per heavy atom. The van der Waals surface area contributed by atoms with Gasteiger partial charge in [-0.3, -0.25) is 0 Å². The van der Waals surface area contributed by atoms with Crippen molar-refractivity contribution in [3.05, 3.63) is 58.4 Å². The fraction of sp³-hybridized carbons (Fsp3) is 0.542. The minimum absolute atomic E-state index is 0.461. The normalized spacial score (nSPS) is 15.0. The van der Waals surface area contributed by atoms with Gasteiger partial charge in [-0.05, 0) is 51.0 Å². The van der Waals surface area contributed by atoms with Crippen LogP contribution in [0.2, 0.25) is 0 Å². The first-order valence-electron chi connectivity index (χ1n) is 10.9. The summed E-state index contributed by atoms with van der Waals surface area (Å²) in [5, 5.41) is 14.1. The number of nitrogens with one attached hydrogen (secondary N) is 1. The minimum Gasteiger partial charge on any atom is -0.478 e. The van der Waals surface area contributed by atoms with Gasteiger partial charge in [-0.25, -0.2) is 4.79 Å². The fourth-order valence-corrected chi connectivity index (χ4v) is 5.66. The molecule has 4 nitrogen and oxygen atoms in total. The predicted molar refractivity (Wildman–Crippen MR) is 122 cm³/mol. The molecule has 2 N–H and O–H groups in total.